The molecule has 0 fully saturated rings. The van der Waals surface area contributed by atoms with Gasteiger partial charge >= 0.3 is 15.6 Å². The summed E-state index contributed by atoms with van der Waals surface area (Å²) in [4.78, 5) is 1.49. The van der Waals surface area contributed by atoms with Crippen molar-refractivity contribution in [2.24, 2.45) is 0 Å². The van der Waals surface area contributed by atoms with E-state index >= 15 is 0 Å². The molecule has 0 aromatic heterocycles. The van der Waals surface area contributed by atoms with Gasteiger partial charge in [-0.05, 0) is 89.8 Å². The Morgan fingerprint density at radius 3 is 1.36 bits per heavy atom. The zero-order chi connectivity index (χ0) is 32.8. The van der Waals surface area contributed by atoms with Gasteiger partial charge in [-0.1, -0.05) is 127 Å². The van der Waals surface area contributed by atoms with E-state index in [0.29, 0.717) is 27.5 Å². The van der Waals surface area contributed by atoms with Gasteiger partial charge in [-0.15, -0.1) is 0 Å². The molecule has 0 atom stereocenters. The molecular formula is C37H51F3O3S2. The highest BCUT2D eigenvalue weighted by molar-refractivity contribution is 8.33. The summed E-state index contributed by atoms with van der Waals surface area (Å²) in [5, 5.41) is 0. The van der Waals surface area contributed by atoms with Gasteiger partial charge in [-0.3, -0.25) is 0 Å². The average molecular weight is 665 g/mol. The van der Waals surface area contributed by atoms with Gasteiger partial charge in [-0.2, -0.15) is 25.2 Å². The van der Waals surface area contributed by atoms with Crippen LogP contribution < -0.4 is 0 Å². The molecule has 0 heterocycles. The summed E-state index contributed by atoms with van der Waals surface area (Å²) in [6.45, 7) is 6.47. The smallest absolute Gasteiger partial charge is 0.200 e. The molecule has 3 rings (SSSR count). The van der Waals surface area contributed by atoms with E-state index in [1.165, 1.54) is 5.56 Å². The van der Waals surface area contributed by atoms with E-state index < -0.39 is 25.9 Å². The highest BCUT2D eigenvalue weighted by Gasteiger charge is 2.53. The number of aryl methyl sites for hydroxylation is 3. The maximum Gasteiger partial charge on any atom is 0.524 e. The number of alkyl halides is 3. The van der Waals surface area contributed by atoms with E-state index in [4.69, 9.17) is 3.63 Å². The maximum atomic E-state index is 14.3. The largest absolute Gasteiger partial charge is 0.524 e. The average Bonchev–Trinajstić information content (AvgIpc) is 3.03. The molecule has 0 amide bonds. The summed E-state index contributed by atoms with van der Waals surface area (Å²) < 4.78 is 74.8. The normalized spacial score (nSPS) is 12.8. The van der Waals surface area contributed by atoms with E-state index in [0.717, 1.165) is 94.6 Å². The monoisotopic (exact) mass is 664 g/mol. The van der Waals surface area contributed by atoms with E-state index in [-0.39, 0.29) is 0 Å². The number of halogens is 3. The zero-order valence-corrected chi connectivity index (χ0v) is 28.8. The van der Waals surface area contributed by atoms with Crippen molar-refractivity contribution < 1.29 is 25.2 Å². The first-order chi connectivity index (χ1) is 21.6. The Morgan fingerprint density at radius 1 is 0.578 bits per heavy atom. The Morgan fingerprint density at radius 2 is 0.978 bits per heavy atom. The third-order valence-electron chi connectivity index (χ3n) is 8.13. The van der Waals surface area contributed by atoms with Crippen LogP contribution >= 0.6 is 10.3 Å². The Bertz CT molecular complexity index is 1320. The molecule has 8 heteroatoms. The van der Waals surface area contributed by atoms with Gasteiger partial charge in [0.2, 0.25) is 0 Å². The maximum absolute atomic E-state index is 14.3. The lowest BCUT2D eigenvalue weighted by atomic mass is 9.95. The van der Waals surface area contributed by atoms with Crippen LogP contribution in [0.3, 0.4) is 0 Å². The highest BCUT2D eigenvalue weighted by atomic mass is 32.3. The van der Waals surface area contributed by atoms with Crippen LogP contribution in [0, 0.1) is 0 Å². The topological polar surface area (TPSA) is 43.4 Å². The summed E-state index contributed by atoms with van der Waals surface area (Å²) in [6, 6.07) is 21.7. The number of hydrogen-bond acceptors (Lipinski definition) is 3. The van der Waals surface area contributed by atoms with Crippen molar-refractivity contribution in [3.63, 3.8) is 0 Å². The second-order valence-corrected chi connectivity index (χ2v) is 16.2. The molecule has 0 bridgehead atoms. The Kier molecular flexibility index (Phi) is 15.0. The predicted octanol–water partition coefficient (Wildman–Crippen LogP) is 12.1. The van der Waals surface area contributed by atoms with Gasteiger partial charge in [-0.25, -0.2) is 0 Å². The summed E-state index contributed by atoms with van der Waals surface area (Å²) in [5.74, 6) is 0. The molecule has 3 aromatic carbocycles. The molecule has 0 aliphatic rings. The number of rotatable bonds is 20. The number of benzene rings is 3. The third-order valence-corrected chi connectivity index (χ3v) is 13.2. The van der Waals surface area contributed by atoms with Crippen LogP contribution in [0.2, 0.25) is 0 Å². The fourth-order valence-electron chi connectivity index (χ4n) is 5.83. The molecule has 0 spiro atoms. The van der Waals surface area contributed by atoms with Crippen LogP contribution in [0.5, 0.6) is 0 Å². The van der Waals surface area contributed by atoms with E-state index in [1.54, 1.807) is 60.7 Å². The summed E-state index contributed by atoms with van der Waals surface area (Å²) in [7, 11) is -9.36. The van der Waals surface area contributed by atoms with Crippen LogP contribution in [-0.4, -0.2) is 13.9 Å². The number of hydrogen-bond donors (Lipinski definition) is 0. The molecule has 250 valence electrons. The van der Waals surface area contributed by atoms with Gasteiger partial charge in [0.15, 0.2) is 0 Å². The zero-order valence-electron chi connectivity index (χ0n) is 27.2. The van der Waals surface area contributed by atoms with Gasteiger partial charge in [0, 0.05) is 14.7 Å². The fraction of sp³-hybridized carbons (Fsp3) is 0.514. The summed E-state index contributed by atoms with van der Waals surface area (Å²) in [6.07, 6.45) is 14.5. The minimum Gasteiger partial charge on any atom is -0.200 e. The molecule has 45 heavy (non-hydrogen) atoms. The molecule has 0 aliphatic heterocycles. The van der Waals surface area contributed by atoms with E-state index in [2.05, 4.69) is 32.9 Å². The molecule has 0 aliphatic carbocycles. The lowest BCUT2D eigenvalue weighted by molar-refractivity contribution is -0.0496. The van der Waals surface area contributed by atoms with Crippen LogP contribution in [0.1, 0.15) is 115 Å². The number of unbranched alkanes of at least 4 members (excludes halogenated alkanes) is 9. The van der Waals surface area contributed by atoms with E-state index in [9.17, 15) is 21.6 Å². The predicted molar refractivity (Wildman–Crippen MR) is 181 cm³/mol. The quantitative estimate of drug-likeness (QED) is 0.0892. The first-order valence-electron chi connectivity index (χ1n) is 16.7. The lowest BCUT2D eigenvalue weighted by Crippen LogP contribution is -2.28. The molecule has 0 saturated heterocycles. The van der Waals surface area contributed by atoms with Gasteiger partial charge in [0.05, 0.1) is 0 Å². The van der Waals surface area contributed by atoms with Crippen molar-refractivity contribution in [3.05, 3.63) is 89.5 Å². The van der Waals surface area contributed by atoms with Crippen LogP contribution in [0.4, 0.5) is 13.2 Å². The lowest BCUT2D eigenvalue weighted by Gasteiger charge is -2.42. The van der Waals surface area contributed by atoms with Crippen molar-refractivity contribution in [2.75, 3.05) is 0 Å². The minimum atomic E-state index is -5.99. The second-order valence-electron chi connectivity index (χ2n) is 11.8. The molecule has 0 saturated carbocycles. The van der Waals surface area contributed by atoms with Gasteiger partial charge in [0.25, 0.3) is 0 Å². The Labute approximate surface area is 271 Å². The van der Waals surface area contributed by atoms with Crippen molar-refractivity contribution in [2.45, 2.75) is 137 Å². The van der Waals surface area contributed by atoms with Crippen LogP contribution in [0.25, 0.3) is 0 Å². The molecule has 0 unspecified atom stereocenters. The third kappa shape index (κ3) is 10.1. The Hall–Kier alpha value is -2.29. The molecular weight excluding hydrogens is 614 g/mol. The first-order valence-corrected chi connectivity index (χ1v) is 19.7. The SMILES string of the molecule is CCCCCCc1cc(CCCCCC)c(S(OS(=O)(=O)C(F)(F)F)(c2ccccc2)c2ccccc2)c(CCCCCC)c1. The Balaban J connectivity index is 2.42. The van der Waals surface area contributed by atoms with Crippen molar-refractivity contribution >= 4 is 20.4 Å². The summed E-state index contributed by atoms with van der Waals surface area (Å²) in [5.41, 5.74) is -2.59. The first kappa shape index (κ1) is 37.2. The van der Waals surface area contributed by atoms with Crippen molar-refractivity contribution in [3.8, 4) is 0 Å². The molecule has 3 nitrogen and oxygen atoms in total. The van der Waals surface area contributed by atoms with E-state index in [1.807, 2.05) is 0 Å². The van der Waals surface area contributed by atoms with Gasteiger partial charge in [0.1, 0.15) is 0 Å². The highest BCUT2D eigenvalue weighted by Crippen LogP contribution is 2.72. The second kappa shape index (κ2) is 18.2. The minimum absolute atomic E-state index is 0.435. The van der Waals surface area contributed by atoms with Gasteiger partial charge < -0.3 is 0 Å². The molecule has 0 radical (unpaired) electrons. The standard InChI is InChI=1S/C37H51F3O3S2/c1-4-7-10-15-22-31-29-32(23-16-11-8-5-2)36(33(30-31)24-17-12-9-6-3)44(34-25-18-13-19-26-34,35-27-20-14-21-28-35)43-45(41,42)37(38,39)40/h13-14,18-21,25-30H,4-12,15-17,22-24H2,1-3H3. The van der Waals surface area contributed by atoms with Crippen molar-refractivity contribution in [1.29, 1.82) is 0 Å². The van der Waals surface area contributed by atoms with Crippen molar-refractivity contribution in [1.82, 2.24) is 0 Å². The van der Waals surface area contributed by atoms with Crippen LogP contribution in [-0.2, 0) is 33.0 Å². The molecule has 3 aromatic rings. The molecule has 0 N–H and O–H groups in total. The summed E-state index contributed by atoms with van der Waals surface area (Å²) >= 11 is 0. The fourth-order valence-corrected chi connectivity index (χ4v) is 11.0. The van der Waals surface area contributed by atoms with Crippen LogP contribution in [0.15, 0.2) is 87.5 Å².